The molecule has 2 unspecified atom stereocenters. The second-order valence-corrected chi connectivity index (χ2v) is 4.73. The Kier molecular flexibility index (Phi) is 3.90. The molecular formula is C15H16O5. The molecule has 0 aliphatic carbocycles. The number of Topliss-reactive ketones (excluding diaryl/α,β-unsaturated/α-hetero) is 1. The monoisotopic (exact) mass is 276 g/mol. The van der Waals surface area contributed by atoms with Gasteiger partial charge < -0.3 is 14.6 Å². The Morgan fingerprint density at radius 2 is 2.10 bits per heavy atom. The van der Waals surface area contributed by atoms with Gasteiger partial charge in [-0.05, 0) is 25.1 Å². The van der Waals surface area contributed by atoms with Gasteiger partial charge >= 0.3 is 5.97 Å². The van der Waals surface area contributed by atoms with E-state index in [4.69, 9.17) is 9.47 Å². The van der Waals surface area contributed by atoms with E-state index in [1.807, 2.05) is 0 Å². The van der Waals surface area contributed by atoms with E-state index in [1.165, 1.54) is 13.8 Å². The van der Waals surface area contributed by atoms with Crippen LogP contribution in [0.15, 0.2) is 30.4 Å². The predicted octanol–water partition coefficient (Wildman–Crippen LogP) is 1.80. The Morgan fingerprint density at radius 1 is 1.40 bits per heavy atom. The predicted molar refractivity (Wildman–Crippen MR) is 71.6 cm³/mol. The molecule has 0 saturated carbocycles. The van der Waals surface area contributed by atoms with Gasteiger partial charge in [0.1, 0.15) is 18.5 Å². The summed E-state index contributed by atoms with van der Waals surface area (Å²) in [6.07, 6.45) is -1.60. The molecule has 1 aliphatic heterocycles. The highest BCUT2D eigenvalue weighted by Gasteiger charge is 2.35. The number of hydrogen-bond acceptors (Lipinski definition) is 5. The lowest BCUT2D eigenvalue weighted by Crippen LogP contribution is -2.24. The Balaban J connectivity index is 2.16. The smallest absolute Gasteiger partial charge is 0.302 e. The Hall–Kier alpha value is -2.14. The number of ether oxygens (including phenoxy) is 2. The molecule has 0 fully saturated rings. The average Bonchev–Trinajstić information content (AvgIpc) is 2.73. The lowest BCUT2D eigenvalue weighted by Gasteiger charge is -2.17. The summed E-state index contributed by atoms with van der Waals surface area (Å²) in [5.41, 5.74) is 1.53. The molecule has 1 heterocycles. The summed E-state index contributed by atoms with van der Waals surface area (Å²) in [6, 6.07) is 4.90. The highest BCUT2D eigenvalue weighted by molar-refractivity contribution is 5.94. The molecule has 0 amide bonds. The molecule has 1 N–H and O–H groups in total. The maximum absolute atomic E-state index is 11.3. The SMILES string of the molecule is C=C(COC(C)=O)C1Oc2ccc(C(C)=O)cc2C1O. The molecule has 5 heteroatoms. The molecule has 0 bridgehead atoms. The first-order valence-corrected chi connectivity index (χ1v) is 6.20. The van der Waals surface area contributed by atoms with Gasteiger partial charge in [0.25, 0.3) is 0 Å². The minimum absolute atomic E-state index is 0.00931. The van der Waals surface area contributed by atoms with Crippen molar-refractivity contribution in [1.29, 1.82) is 0 Å². The number of esters is 1. The van der Waals surface area contributed by atoms with Gasteiger partial charge in [-0.1, -0.05) is 6.58 Å². The fraction of sp³-hybridized carbons (Fsp3) is 0.333. The lowest BCUT2D eigenvalue weighted by molar-refractivity contribution is -0.140. The summed E-state index contributed by atoms with van der Waals surface area (Å²) in [5, 5.41) is 10.2. The van der Waals surface area contributed by atoms with E-state index in [1.54, 1.807) is 18.2 Å². The molecule has 2 atom stereocenters. The quantitative estimate of drug-likeness (QED) is 0.516. The van der Waals surface area contributed by atoms with Crippen LogP contribution in [-0.4, -0.2) is 29.6 Å². The van der Waals surface area contributed by atoms with Gasteiger partial charge in [-0.15, -0.1) is 0 Å². The molecule has 1 aromatic rings. The normalized spacial score (nSPS) is 19.9. The van der Waals surface area contributed by atoms with Gasteiger partial charge in [-0.25, -0.2) is 0 Å². The van der Waals surface area contributed by atoms with E-state index in [2.05, 4.69) is 6.58 Å². The van der Waals surface area contributed by atoms with E-state index < -0.39 is 18.2 Å². The van der Waals surface area contributed by atoms with Crippen molar-refractivity contribution in [3.8, 4) is 5.75 Å². The molecule has 0 spiro atoms. The Bertz CT molecular complexity index is 576. The third kappa shape index (κ3) is 2.72. The topological polar surface area (TPSA) is 72.8 Å². The molecule has 20 heavy (non-hydrogen) atoms. The molecule has 2 rings (SSSR count). The van der Waals surface area contributed by atoms with Crippen molar-refractivity contribution in [3.63, 3.8) is 0 Å². The molecule has 0 aromatic heterocycles. The third-order valence-corrected chi connectivity index (χ3v) is 3.14. The summed E-state index contributed by atoms with van der Waals surface area (Å²) in [6.45, 7) is 6.52. The van der Waals surface area contributed by atoms with Gasteiger partial charge in [0.05, 0.1) is 0 Å². The van der Waals surface area contributed by atoms with Gasteiger partial charge in [0, 0.05) is 23.6 Å². The minimum atomic E-state index is -0.924. The first kappa shape index (κ1) is 14.3. The Morgan fingerprint density at radius 3 is 2.70 bits per heavy atom. The number of benzene rings is 1. The first-order valence-electron chi connectivity index (χ1n) is 6.20. The zero-order valence-corrected chi connectivity index (χ0v) is 11.4. The largest absolute Gasteiger partial charge is 0.482 e. The van der Waals surface area contributed by atoms with E-state index in [0.29, 0.717) is 22.4 Å². The number of fused-ring (bicyclic) bond motifs is 1. The van der Waals surface area contributed by atoms with Gasteiger partial charge in [0.2, 0.25) is 0 Å². The molecule has 106 valence electrons. The van der Waals surface area contributed by atoms with Crippen molar-refractivity contribution < 1.29 is 24.2 Å². The van der Waals surface area contributed by atoms with Crippen LogP contribution in [0.3, 0.4) is 0 Å². The minimum Gasteiger partial charge on any atom is -0.482 e. The van der Waals surface area contributed by atoms with E-state index in [-0.39, 0.29) is 12.4 Å². The highest BCUT2D eigenvalue weighted by atomic mass is 16.5. The summed E-state index contributed by atoms with van der Waals surface area (Å²) >= 11 is 0. The number of rotatable bonds is 4. The lowest BCUT2D eigenvalue weighted by atomic mass is 9.99. The van der Waals surface area contributed by atoms with Crippen LogP contribution in [0, 0.1) is 0 Å². The molecule has 1 aliphatic rings. The van der Waals surface area contributed by atoms with Crippen LogP contribution >= 0.6 is 0 Å². The molecule has 1 aromatic carbocycles. The van der Waals surface area contributed by atoms with Crippen LogP contribution in [0.2, 0.25) is 0 Å². The van der Waals surface area contributed by atoms with Crippen LogP contribution < -0.4 is 4.74 Å². The second-order valence-electron chi connectivity index (χ2n) is 4.73. The number of carbonyl (C=O) groups excluding carboxylic acids is 2. The zero-order valence-electron chi connectivity index (χ0n) is 11.4. The number of ketones is 1. The van der Waals surface area contributed by atoms with Crippen molar-refractivity contribution in [2.45, 2.75) is 26.1 Å². The third-order valence-electron chi connectivity index (χ3n) is 3.14. The summed E-state index contributed by atoms with van der Waals surface area (Å²) < 4.78 is 10.4. The molecule has 5 nitrogen and oxygen atoms in total. The van der Waals surface area contributed by atoms with Crippen LogP contribution in [0.1, 0.15) is 35.9 Å². The van der Waals surface area contributed by atoms with Crippen LogP contribution in [0.5, 0.6) is 5.75 Å². The van der Waals surface area contributed by atoms with E-state index >= 15 is 0 Å². The van der Waals surface area contributed by atoms with E-state index in [0.717, 1.165) is 0 Å². The highest BCUT2D eigenvalue weighted by Crippen LogP contribution is 2.39. The molecule has 0 radical (unpaired) electrons. The number of hydrogen-bond donors (Lipinski definition) is 1. The van der Waals surface area contributed by atoms with Crippen LogP contribution in [0.4, 0.5) is 0 Å². The van der Waals surface area contributed by atoms with Crippen molar-refractivity contribution in [3.05, 3.63) is 41.5 Å². The second kappa shape index (κ2) is 5.46. The van der Waals surface area contributed by atoms with Crippen LogP contribution in [-0.2, 0) is 9.53 Å². The first-order chi connectivity index (χ1) is 9.40. The van der Waals surface area contributed by atoms with Crippen molar-refractivity contribution in [2.75, 3.05) is 6.61 Å². The number of carbonyl (C=O) groups is 2. The summed E-state index contributed by atoms with van der Waals surface area (Å²) in [4.78, 5) is 22.1. The number of aliphatic hydroxyl groups is 1. The standard InChI is InChI=1S/C15H16O5/c1-8(7-19-10(3)17)15-14(18)12-6-11(9(2)16)4-5-13(12)20-15/h4-6,14-15,18H,1,7H2,2-3H3. The number of aliphatic hydroxyl groups excluding tert-OH is 1. The summed E-state index contributed by atoms with van der Waals surface area (Å²) in [7, 11) is 0. The van der Waals surface area contributed by atoms with Gasteiger partial charge in [0.15, 0.2) is 11.9 Å². The fourth-order valence-electron chi connectivity index (χ4n) is 2.05. The van der Waals surface area contributed by atoms with Crippen LogP contribution in [0.25, 0.3) is 0 Å². The van der Waals surface area contributed by atoms with Gasteiger partial charge in [-0.2, -0.15) is 0 Å². The maximum atomic E-state index is 11.3. The van der Waals surface area contributed by atoms with Gasteiger partial charge in [-0.3, -0.25) is 9.59 Å². The van der Waals surface area contributed by atoms with Crippen molar-refractivity contribution in [2.24, 2.45) is 0 Å². The van der Waals surface area contributed by atoms with E-state index in [9.17, 15) is 14.7 Å². The molecular weight excluding hydrogens is 260 g/mol. The maximum Gasteiger partial charge on any atom is 0.302 e. The van der Waals surface area contributed by atoms with Crippen molar-refractivity contribution >= 4 is 11.8 Å². The Labute approximate surface area is 116 Å². The average molecular weight is 276 g/mol. The fourth-order valence-corrected chi connectivity index (χ4v) is 2.05. The summed E-state index contributed by atoms with van der Waals surface area (Å²) in [5.74, 6) is 0.00804. The molecule has 0 saturated heterocycles. The van der Waals surface area contributed by atoms with Crippen molar-refractivity contribution in [1.82, 2.24) is 0 Å². The zero-order chi connectivity index (χ0) is 14.9.